The van der Waals surface area contributed by atoms with Crippen LogP contribution in [0.25, 0.3) is 0 Å². The zero-order chi connectivity index (χ0) is 7.30. The van der Waals surface area contributed by atoms with Crippen molar-refractivity contribution in [2.24, 2.45) is 17.8 Å². The van der Waals surface area contributed by atoms with Crippen LogP contribution in [0.1, 0.15) is 0 Å². The van der Waals surface area contributed by atoms with E-state index in [0.29, 0.717) is 11.8 Å². The maximum Gasteiger partial charge on any atom is 0.225 e. The van der Waals surface area contributed by atoms with Crippen LogP contribution in [0.3, 0.4) is 0 Å². The number of carbonyl (C=O) groups is 1. The molecule has 1 saturated heterocycles. The molecule has 2 nitrogen and oxygen atoms in total. The second-order valence-corrected chi connectivity index (χ2v) is 3.75. The van der Waals surface area contributed by atoms with Crippen LogP contribution in [0, 0.1) is 17.8 Å². The average molecular weight is 160 g/mol. The summed E-state index contributed by atoms with van der Waals surface area (Å²) in [7, 11) is 2.09. The van der Waals surface area contributed by atoms with E-state index in [-0.39, 0.29) is 11.2 Å². The summed E-state index contributed by atoms with van der Waals surface area (Å²) in [5, 5.41) is -0.122. The number of hydrogen-bond acceptors (Lipinski definition) is 2. The smallest absolute Gasteiger partial charge is 0.225 e. The van der Waals surface area contributed by atoms with Gasteiger partial charge in [-0.1, -0.05) is 0 Å². The van der Waals surface area contributed by atoms with E-state index in [0.717, 1.165) is 13.1 Å². The molecule has 0 bridgehead atoms. The van der Waals surface area contributed by atoms with Gasteiger partial charge in [-0.25, -0.2) is 0 Å². The number of carbonyl (C=O) groups excluding carboxylic acids is 1. The quantitative estimate of drug-likeness (QED) is 0.521. The fourth-order valence-corrected chi connectivity index (χ4v) is 2.40. The predicted octanol–water partition coefficient (Wildman–Crippen LogP) is 0.559. The minimum absolute atomic E-state index is 0.122. The molecular formula is C7H10ClNO. The van der Waals surface area contributed by atoms with Gasteiger partial charge in [-0.3, -0.25) is 4.79 Å². The van der Waals surface area contributed by atoms with Crippen LogP contribution in [0.15, 0.2) is 0 Å². The van der Waals surface area contributed by atoms with Crippen LogP contribution in [0.5, 0.6) is 0 Å². The monoisotopic (exact) mass is 159 g/mol. The van der Waals surface area contributed by atoms with Gasteiger partial charge in [0.25, 0.3) is 0 Å². The van der Waals surface area contributed by atoms with Crippen LogP contribution in [0.2, 0.25) is 0 Å². The summed E-state index contributed by atoms with van der Waals surface area (Å²) < 4.78 is 0. The van der Waals surface area contributed by atoms with Gasteiger partial charge in [-0.15, -0.1) is 0 Å². The third-order valence-electron chi connectivity index (χ3n) is 2.64. The van der Waals surface area contributed by atoms with Crippen LogP contribution < -0.4 is 0 Å². The fourth-order valence-electron chi connectivity index (χ4n) is 2.07. The summed E-state index contributed by atoms with van der Waals surface area (Å²) in [5.74, 6) is 1.39. The Morgan fingerprint density at radius 2 is 2.00 bits per heavy atom. The van der Waals surface area contributed by atoms with Gasteiger partial charge < -0.3 is 4.90 Å². The average Bonchev–Trinajstić information content (AvgIpc) is 2.32. The Labute approximate surface area is 65.1 Å². The van der Waals surface area contributed by atoms with Gasteiger partial charge in [0, 0.05) is 19.0 Å². The molecule has 0 spiro atoms. The van der Waals surface area contributed by atoms with Crippen LogP contribution in [-0.2, 0) is 4.79 Å². The molecule has 3 heteroatoms. The number of halogens is 1. The lowest BCUT2D eigenvalue weighted by molar-refractivity contribution is -0.113. The lowest BCUT2D eigenvalue weighted by atomic mass is 10.3. The second-order valence-electron chi connectivity index (χ2n) is 3.38. The van der Waals surface area contributed by atoms with Crippen LogP contribution in [0.4, 0.5) is 0 Å². The molecule has 0 amide bonds. The molecule has 0 N–H and O–H groups in total. The Bertz CT molecular complexity index is 170. The SMILES string of the molecule is CN1CC2C(C1)C2C(=O)Cl. The third kappa shape index (κ3) is 0.789. The summed E-state index contributed by atoms with van der Waals surface area (Å²) >= 11 is 5.37. The van der Waals surface area contributed by atoms with E-state index in [1.807, 2.05) is 0 Å². The van der Waals surface area contributed by atoms with Crippen molar-refractivity contribution in [3.63, 3.8) is 0 Å². The number of piperidine rings is 1. The molecule has 2 rings (SSSR count). The molecule has 0 aromatic carbocycles. The van der Waals surface area contributed by atoms with Crippen molar-refractivity contribution in [2.75, 3.05) is 20.1 Å². The molecule has 56 valence electrons. The first-order valence-electron chi connectivity index (χ1n) is 3.58. The molecule has 1 heterocycles. The Kier molecular flexibility index (Phi) is 1.29. The highest BCUT2D eigenvalue weighted by Gasteiger charge is 2.57. The van der Waals surface area contributed by atoms with Crippen molar-refractivity contribution < 1.29 is 4.79 Å². The molecule has 1 aliphatic heterocycles. The lowest BCUT2D eigenvalue weighted by Gasteiger charge is -2.10. The highest BCUT2D eigenvalue weighted by Crippen LogP contribution is 2.52. The van der Waals surface area contributed by atoms with E-state index < -0.39 is 0 Å². The van der Waals surface area contributed by atoms with Gasteiger partial charge in [-0.05, 0) is 30.5 Å². The van der Waals surface area contributed by atoms with Gasteiger partial charge in [0.05, 0.1) is 0 Å². The minimum Gasteiger partial charge on any atom is -0.306 e. The van der Waals surface area contributed by atoms with Crippen LogP contribution in [-0.4, -0.2) is 30.3 Å². The summed E-state index contributed by atoms with van der Waals surface area (Å²) in [4.78, 5) is 12.9. The maximum absolute atomic E-state index is 10.7. The van der Waals surface area contributed by atoms with E-state index in [1.165, 1.54) is 0 Å². The second kappa shape index (κ2) is 1.95. The normalized spacial score (nSPS) is 45.2. The van der Waals surface area contributed by atoms with Crippen LogP contribution >= 0.6 is 11.6 Å². The number of hydrogen-bond donors (Lipinski definition) is 0. The zero-order valence-electron chi connectivity index (χ0n) is 5.88. The predicted molar refractivity (Wildman–Crippen MR) is 38.8 cm³/mol. The van der Waals surface area contributed by atoms with E-state index >= 15 is 0 Å². The summed E-state index contributed by atoms with van der Waals surface area (Å²) in [5.41, 5.74) is 0. The summed E-state index contributed by atoms with van der Waals surface area (Å²) in [6, 6.07) is 0. The molecule has 0 aromatic heterocycles. The molecule has 0 radical (unpaired) electrons. The molecule has 1 saturated carbocycles. The lowest BCUT2D eigenvalue weighted by Crippen LogP contribution is -2.20. The van der Waals surface area contributed by atoms with Crippen molar-refractivity contribution >= 4 is 16.8 Å². The van der Waals surface area contributed by atoms with E-state index in [2.05, 4.69) is 11.9 Å². The highest BCUT2D eigenvalue weighted by atomic mass is 35.5. The van der Waals surface area contributed by atoms with Crippen molar-refractivity contribution in [2.45, 2.75) is 0 Å². The van der Waals surface area contributed by atoms with Crippen molar-refractivity contribution in [1.29, 1.82) is 0 Å². The van der Waals surface area contributed by atoms with Gasteiger partial charge in [0.15, 0.2) is 0 Å². The molecule has 10 heavy (non-hydrogen) atoms. The zero-order valence-corrected chi connectivity index (χ0v) is 6.64. The number of nitrogens with zero attached hydrogens (tertiary/aromatic N) is 1. The standard InChI is InChI=1S/C7H10ClNO/c1-9-2-4-5(3-9)6(4)7(8)10/h4-6H,2-3H2,1H3. The minimum atomic E-state index is -0.122. The Hall–Kier alpha value is -0.0800. The fraction of sp³-hybridized carbons (Fsp3) is 0.857. The van der Waals surface area contributed by atoms with Gasteiger partial charge in [0.1, 0.15) is 0 Å². The number of likely N-dealkylation sites (tertiary alicyclic amines) is 1. The summed E-state index contributed by atoms with van der Waals surface area (Å²) in [6.07, 6.45) is 0. The van der Waals surface area contributed by atoms with Crippen molar-refractivity contribution in [3.8, 4) is 0 Å². The molecule has 0 aromatic rings. The highest BCUT2D eigenvalue weighted by molar-refractivity contribution is 6.64. The Morgan fingerprint density at radius 3 is 2.40 bits per heavy atom. The first kappa shape index (κ1) is 6.62. The molecular weight excluding hydrogens is 150 g/mol. The van der Waals surface area contributed by atoms with E-state index in [1.54, 1.807) is 0 Å². The summed E-state index contributed by atoms with van der Waals surface area (Å²) in [6.45, 7) is 2.13. The number of rotatable bonds is 1. The largest absolute Gasteiger partial charge is 0.306 e. The van der Waals surface area contributed by atoms with Gasteiger partial charge in [-0.2, -0.15) is 0 Å². The maximum atomic E-state index is 10.7. The van der Waals surface area contributed by atoms with Crippen molar-refractivity contribution in [3.05, 3.63) is 0 Å². The topological polar surface area (TPSA) is 20.3 Å². The molecule has 2 aliphatic rings. The number of fused-ring (bicyclic) bond motifs is 1. The Morgan fingerprint density at radius 1 is 1.50 bits per heavy atom. The van der Waals surface area contributed by atoms with E-state index in [9.17, 15) is 4.79 Å². The van der Waals surface area contributed by atoms with Crippen molar-refractivity contribution in [1.82, 2.24) is 4.90 Å². The third-order valence-corrected chi connectivity index (χ3v) is 2.89. The first-order chi connectivity index (χ1) is 4.70. The van der Waals surface area contributed by atoms with Gasteiger partial charge in [0.2, 0.25) is 5.24 Å². The molecule has 2 atom stereocenters. The van der Waals surface area contributed by atoms with Gasteiger partial charge >= 0.3 is 0 Å². The Balaban J connectivity index is 1.98. The molecule has 1 aliphatic carbocycles. The molecule has 2 unspecified atom stereocenters. The van der Waals surface area contributed by atoms with E-state index in [4.69, 9.17) is 11.6 Å². The molecule has 2 fully saturated rings. The first-order valence-corrected chi connectivity index (χ1v) is 3.96.